The van der Waals surface area contributed by atoms with Crippen molar-refractivity contribution in [2.75, 3.05) is 11.9 Å². The van der Waals surface area contributed by atoms with Crippen molar-refractivity contribution in [1.29, 1.82) is 0 Å². The first-order chi connectivity index (χ1) is 9.24. The molecule has 1 atom stereocenters. The third-order valence-corrected chi connectivity index (χ3v) is 3.51. The zero-order valence-electron chi connectivity index (χ0n) is 10.9. The molecule has 0 unspecified atom stereocenters. The molecule has 0 bridgehead atoms. The van der Waals surface area contributed by atoms with Gasteiger partial charge in [-0.2, -0.15) is 0 Å². The Balaban J connectivity index is 2.11. The van der Waals surface area contributed by atoms with Crippen molar-refractivity contribution in [3.8, 4) is 0 Å². The third-order valence-electron chi connectivity index (χ3n) is 3.51. The average Bonchev–Trinajstić information content (AvgIpc) is 2.58. The van der Waals surface area contributed by atoms with Gasteiger partial charge in [-0.15, -0.1) is 0 Å². The lowest BCUT2D eigenvalue weighted by Crippen LogP contribution is -2.86. The fourth-order valence-electron chi connectivity index (χ4n) is 2.58. The summed E-state index contributed by atoms with van der Waals surface area (Å²) >= 11 is 0. The normalized spacial score (nSPS) is 18.4. The van der Waals surface area contributed by atoms with Gasteiger partial charge in [0.1, 0.15) is 6.04 Å². The van der Waals surface area contributed by atoms with E-state index in [1.165, 1.54) is 16.7 Å². The molecule has 3 rings (SSSR count). The molecular weight excluding hydrogens is 236 g/mol. The van der Waals surface area contributed by atoms with Crippen LogP contribution in [0, 0.1) is 6.92 Å². The van der Waals surface area contributed by atoms with Crippen molar-refractivity contribution in [2.24, 2.45) is 0 Å². The van der Waals surface area contributed by atoms with Crippen molar-refractivity contribution >= 4 is 11.6 Å². The molecule has 0 saturated carbocycles. The van der Waals surface area contributed by atoms with Crippen LogP contribution in [0.5, 0.6) is 0 Å². The smallest absolute Gasteiger partial charge is 0.279 e. The Morgan fingerprint density at radius 3 is 2.74 bits per heavy atom. The summed E-state index contributed by atoms with van der Waals surface area (Å²) in [5.74, 6) is 0.0588. The van der Waals surface area contributed by atoms with Crippen molar-refractivity contribution < 1.29 is 10.1 Å². The first-order valence-corrected chi connectivity index (χ1v) is 6.53. The maximum absolute atomic E-state index is 11.8. The van der Waals surface area contributed by atoms with Crippen molar-refractivity contribution in [1.82, 2.24) is 0 Å². The highest BCUT2D eigenvalue weighted by atomic mass is 16.1. The van der Waals surface area contributed by atoms with E-state index in [1.807, 2.05) is 30.3 Å². The molecule has 0 aliphatic carbocycles. The Labute approximate surface area is 112 Å². The predicted molar refractivity (Wildman–Crippen MR) is 74.9 cm³/mol. The van der Waals surface area contributed by atoms with Crippen LogP contribution in [0.15, 0.2) is 48.5 Å². The quantitative estimate of drug-likeness (QED) is 0.796. The molecule has 2 aromatic carbocycles. The summed E-state index contributed by atoms with van der Waals surface area (Å²) < 4.78 is 0. The van der Waals surface area contributed by atoms with E-state index in [2.05, 4.69) is 35.8 Å². The summed E-state index contributed by atoms with van der Waals surface area (Å²) in [6, 6.07) is 16.7. The van der Waals surface area contributed by atoms with Crippen LogP contribution in [0.4, 0.5) is 5.69 Å². The molecule has 0 saturated heterocycles. The Morgan fingerprint density at radius 2 is 1.95 bits per heavy atom. The fourth-order valence-corrected chi connectivity index (χ4v) is 2.58. The van der Waals surface area contributed by atoms with Gasteiger partial charge in [0.15, 0.2) is 6.54 Å². The number of anilines is 1. The van der Waals surface area contributed by atoms with Gasteiger partial charge in [-0.1, -0.05) is 42.0 Å². The number of nitrogens with one attached hydrogen (secondary N) is 1. The first kappa shape index (κ1) is 11.9. The monoisotopic (exact) mass is 253 g/mol. The fraction of sp³-hybridized carbons (Fsp3) is 0.188. The standard InChI is InChI=1S/C16H16N2O/c1-11-7-8-14-13(9-11)16(17-10-15(19)18-14)12-5-3-2-4-6-12/h2-9,16-17H,10H2,1H3,(H,18,19)/p+1/t16-/m1/s1. The lowest BCUT2D eigenvalue weighted by Gasteiger charge is -2.16. The Bertz CT molecular complexity index is 607. The molecule has 1 aliphatic heterocycles. The minimum atomic E-state index is 0.0588. The lowest BCUT2D eigenvalue weighted by atomic mass is 9.96. The number of hydrogen-bond acceptors (Lipinski definition) is 1. The van der Waals surface area contributed by atoms with E-state index in [9.17, 15) is 4.79 Å². The molecule has 19 heavy (non-hydrogen) atoms. The second-order valence-electron chi connectivity index (χ2n) is 4.97. The van der Waals surface area contributed by atoms with Gasteiger partial charge in [-0.05, 0) is 19.1 Å². The molecule has 1 amide bonds. The number of amides is 1. The number of carbonyl (C=O) groups is 1. The van der Waals surface area contributed by atoms with E-state index >= 15 is 0 Å². The van der Waals surface area contributed by atoms with Crippen molar-refractivity contribution in [3.63, 3.8) is 0 Å². The molecular formula is C16H17N2O+. The first-order valence-electron chi connectivity index (χ1n) is 6.53. The highest BCUT2D eigenvalue weighted by Crippen LogP contribution is 2.27. The maximum atomic E-state index is 11.8. The van der Waals surface area contributed by atoms with Crippen molar-refractivity contribution in [2.45, 2.75) is 13.0 Å². The Kier molecular flexibility index (Phi) is 3.05. The Hall–Kier alpha value is -2.13. The molecule has 1 aliphatic rings. The number of quaternary nitrogens is 1. The van der Waals surface area contributed by atoms with Crippen LogP contribution in [-0.4, -0.2) is 12.5 Å². The Morgan fingerprint density at radius 1 is 1.16 bits per heavy atom. The molecule has 0 radical (unpaired) electrons. The number of carbonyl (C=O) groups excluding carboxylic acids is 1. The van der Waals surface area contributed by atoms with Gasteiger partial charge in [0, 0.05) is 11.1 Å². The topological polar surface area (TPSA) is 45.7 Å². The highest BCUT2D eigenvalue weighted by Gasteiger charge is 2.26. The molecule has 0 aromatic heterocycles. The van der Waals surface area contributed by atoms with Gasteiger partial charge in [0.05, 0.1) is 5.69 Å². The molecule has 3 nitrogen and oxygen atoms in total. The number of benzene rings is 2. The van der Waals surface area contributed by atoms with Crippen LogP contribution >= 0.6 is 0 Å². The van der Waals surface area contributed by atoms with E-state index in [0.717, 1.165) is 5.69 Å². The number of nitrogens with two attached hydrogens (primary N) is 1. The van der Waals surface area contributed by atoms with Crippen molar-refractivity contribution in [3.05, 3.63) is 65.2 Å². The summed E-state index contributed by atoms with van der Waals surface area (Å²) in [6.07, 6.45) is 0. The number of fused-ring (bicyclic) bond motifs is 1. The summed E-state index contributed by atoms with van der Waals surface area (Å²) in [7, 11) is 0. The van der Waals surface area contributed by atoms with Gasteiger partial charge in [-0.3, -0.25) is 4.79 Å². The van der Waals surface area contributed by atoms with Crippen LogP contribution in [0.1, 0.15) is 22.7 Å². The van der Waals surface area contributed by atoms with Crippen LogP contribution in [0.25, 0.3) is 0 Å². The van der Waals surface area contributed by atoms with Crippen LogP contribution in [-0.2, 0) is 4.79 Å². The summed E-state index contributed by atoms with van der Waals surface area (Å²) in [4.78, 5) is 11.8. The second kappa shape index (κ2) is 4.86. The van der Waals surface area contributed by atoms with Gasteiger partial charge in [0.25, 0.3) is 5.91 Å². The molecule has 3 N–H and O–H groups in total. The summed E-state index contributed by atoms with van der Waals surface area (Å²) in [6.45, 7) is 2.53. The molecule has 0 spiro atoms. The lowest BCUT2D eigenvalue weighted by molar-refractivity contribution is -0.675. The van der Waals surface area contributed by atoms with E-state index in [4.69, 9.17) is 0 Å². The third kappa shape index (κ3) is 2.37. The van der Waals surface area contributed by atoms with Gasteiger partial charge < -0.3 is 10.6 Å². The minimum Gasteiger partial charge on any atom is -0.328 e. The number of aryl methyl sites for hydroxylation is 1. The molecule has 2 aromatic rings. The zero-order valence-corrected chi connectivity index (χ0v) is 10.9. The maximum Gasteiger partial charge on any atom is 0.279 e. The summed E-state index contributed by atoms with van der Waals surface area (Å²) in [5.41, 5.74) is 4.55. The predicted octanol–water partition coefficient (Wildman–Crippen LogP) is 1.60. The van der Waals surface area contributed by atoms with Gasteiger partial charge >= 0.3 is 0 Å². The highest BCUT2D eigenvalue weighted by molar-refractivity contribution is 5.92. The van der Waals surface area contributed by atoms with Crippen LogP contribution in [0.3, 0.4) is 0 Å². The van der Waals surface area contributed by atoms with Gasteiger partial charge in [0.2, 0.25) is 0 Å². The minimum absolute atomic E-state index is 0.0588. The van der Waals surface area contributed by atoms with E-state index in [0.29, 0.717) is 6.54 Å². The average molecular weight is 253 g/mol. The largest absolute Gasteiger partial charge is 0.328 e. The molecule has 0 fully saturated rings. The van der Waals surface area contributed by atoms with E-state index < -0.39 is 0 Å². The zero-order chi connectivity index (χ0) is 13.2. The number of rotatable bonds is 1. The number of hydrogen-bond donors (Lipinski definition) is 2. The SMILES string of the molecule is Cc1ccc2c(c1)[C@@H](c1ccccc1)[NH2+]CC(=O)N2. The van der Waals surface area contributed by atoms with E-state index in [1.54, 1.807) is 0 Å². The van der Waals surface area contributed by atoms with E-state index in [-0.39, 0.29) is 11.9 Å². The van der Waals surface area contributed by atoms with Gasteiger partial charge in [-0.25, -0.2) is 0 Å². The van der Waals surface area contributed by atoms with Crippen LogP contribution < -0.4 is 10.6 Å². The molecule has 3 heteroatoms. The molecule has 1 heterocycles. The van der Waals surface area contributed by atoms with Crippen LogP contribution in [0.2, 0.25) is 0 Å². The second-order valence-corrected chi connectivity index (χ2v) is 4.97. The molecule has 96 valence electrons. The summed E-state index contributed by atoms with van der Waals surface area (Å²) in [5, 5.41) is 5.07.